The predicted octanol–water partition coefficient (Wildman–Crippen LogP) is -1.75. The molecule has 17 N–H and O–H groups in total. The van der Waals surface area contributed by atoms with Crippen molar-refractivity contribution in [3.8, 4) is 0 Å². The van der Waals surface area contributed by atoms with E-state index in [0.717, 1.165) is 58.5 Å². The van der Waals surface area contributed by atoms with Gasteiger partial charge in [0, 0.05) is 84.0 Å². The Bertz CT molecular complexity index is 1980. The first-order valence-corrected chi connectivity index (χ1v) is 36.0. The summed E-state index contributed by atoms with van der Waals surface area (Å²) >= 11 is 0. The zero-order chi connectivity index (χ0) is 73.3. The monoisotopic (exact) mass is 1440 g/mol. The number of rotatable bonds is 52. The molecule has 0 aromatic rings. The van der Waals surface area contributed by atoms with Gasteiger partial charge in [0.2, 0.25) is 29.5 Å². The minimum absolute atomic E-state index is 0.120. The number of phosphoric ester groups is 1. The highest BCUT2D eigenvalue weighted by molar-refractivity contribution is 7.47. The number of nitrogens with one attached hydrogen (secondary N) is 5. The Kier molecular flexibility index (Phi) is 52.2. The third-order valence-electron chi connectivity index (χ3n) is 16.1. The van der Waals surface area contributed by atoms with Crippen LogP contribution in [-0.2, 0) is 85.0 Å². The molecular weight excluding hydrogens is 1320 g/mol. The van der Waals surface area contributed by atoms with E-state index in [9.17, 15) is 74.5 Å². The molecule has 0 radical (unpaired) electrons. The van der Waals surface area contributed by atoms with Crippen LogP contribution < -0.4 is 32.3 Å². The first kappa shape index (κ1) is 92.7. The maximum atomic E-state index is 13.7. The van der Waals surface area contributed by atoms with E-state index in [1.54, 1.807) is 27.9 Å². The number of unbranched alkanes of at least 4 members (excludes halogenated alkanes) is 7. The second kappa shape index (κ2) is 55.2. The summed E-state index contributed by atoms with van der Waals surface area (Å²) in [5.74, 6) is -4.14. The third-order valence-corrected chi connectivity index (χ3v) is 17.0. The van der Waals surface area contributed by atoms with Crippen LogP contribution in [0.4, 0.5) is 0 Å². The van der Waals surface area contributed by atoms with E-state index in [-0.39, 0.29) is 123 Å². The van der Waals surface area contributed by atoms with Crippen LogP contribution in [0.1, 0.15) is 137 Å². The number of nitrogens with two attached hydrogens (primary N) is 1. The maximum Gasteiger partial charge on any atom is 0.471 e. The molecule has 34 nitrogen and oxygen atoms in total. The molecule has 16 atom stereocenters. The van der Waals surface area contributed by atoms with Crippen LogP contribution in [0.2, 0.25) is 0 Å². The first-order chi connectivity index (χ1) is 46.9. The van der Waals surface area contributed by atoms with Crippen LogP contribution in [0, 0.1) is 17.8 Å². The number of phosphoric acid groups is 1. The minimum atomic E-state index is -3.75. The van der Waals surface area contributed by atoms with Crippen molar-refractivity contribution in [1.29, 1.82) is 0 Å². The number of carbonyl (C=O) groups is 5. The van der Waals surface area contributed by atoms with Gasteiger partial charge in [-0.15, -0.1) is 0 Å². The predicted molar refractivity (Wildman–Crippen MR) is 353 cm³/mol. The van der Waals surface area contributed by atoms with Crippen molar-refractivity contribution < 1.29 is 136 Å². The normalized spacial score (nSPS) is 26.6. The second-order valence-corrected chi connectivity index (χ2v) is 25.7. The lowest BCUT2D eigenvalue weighted by Crippen LogP contribution is -2.59. The van der Waals surface area contributed by atoms with Gasteiger partial charge in [-0.25, -0.2) is 4.57 Å². The zero-order valence-electron chi connectivity index (χ0n) is 58.8. The van der Waals surface area contributed by atoms with Crippen LogP contribution in [0.5, 0.6) is 0 Å². The second-order valence-electron chi connectivity index (χ2n) is 24.1. The molecule has 0 saturated carbocycles. The van der Waals surface area contributed by atoms with E-state index in [1.807, 2.05) is 13.8 Å². The van der Waals surface area contributed by atoms with E-state index in [2.05, 4.69) is 35.6 Å². The van der Waals surface area contributed by atoms with E-state index >= 15 is 0 Å². The molecule has 0 aromatic heterocycles. The lowest BCUT2D eigenvalue weighted by atomic mass is 9.92. The number of amides is 5. The maximum absolute atomic E-state index is 13.7. The van der Waals surface area contributed by atoms with Crippen molar-refractivity contribution in [1.82, 2.24) is 26.6 Å². The van der Waals surface area contributed by atoms with Gasteiger partial charge >= 0.3 is 7.82 Å². The lowest BCUT2D eigenvalue weighted by Gasteiger charge is -2.40. The molecule has 5 amide bonds. The average molecular weight is 1440 g/mol. The van der Waals surface area contributed by atoms with Crippen LogP contribution in [0.3, 0.4) is 0 Å². The zero-order valence-corrected chi connectivity index (χ0v) is 59.6. The lowest BCUT2D eigenvalue weighted by molar-refractivity contribution is -0.282. The molecule has 3 saturated heterocycles. The number of ether oxygens (including phenoxy) is 10. The molecule has 98 heavy (non-hydrogen) atoms. The Morgan fingerprint density at radius 3 is 1.14 bits per heavy atom. The van der Waals surface area contributed by atoms with Gasteiger partial charge in [0.25, 0.3) is 0 Å². The molecule has 0 aromatic carbocycles. The summed E-state index contributed by atoms with van der Waals surface area (Å²) in [4.78, 5) is 74.2. The number of methoxy groups -OCH3 is 1. The highest BCUT2D eigenvalue weighted by atomic mass is 31.2. The Morgan fingerprint density at radius 2 is 0.786 bits per heavy atom. The molecular formula is C63H123N6O28P. The molecule has 0 bridgehead atoms. The SMILES string of the molecule is CC.COCCCCCCCNC(=O)CC(=O)NC(COCCC(=O)NCCCO[C@@H]1OC(CO)[C@H](O)[C@H](O)C1C)(COCCC(=O)NCCCO[C@@H]1OC(CO)[C@H](O)[C@H](O)C1C)COCCC(=O)NCCCO[C@@H]1OC(CO)[C@H](O)[C@H](O)C1C.COP(=O)(O)OCCCCCCN. The van der Waals surface area contributed by atoms with Gasteiger partial charge in [-0.1, -0.05) is 66.7 Å². The van der Waals surface area contributed by atoms with E-state index in [1.165, 1.54) is 0 Å². The van der Waals surface area contributed by atoms with E-state index < -0.39 is 143 Å². The third kappa shape index (κ3) is 38.8. The van der Waals surface area contributed by atoms with Gasteiger partial charge in [0.15, 0.2) is 18.9 Å². The van der Waals surface area contributed by atoms with Crippen molar-refractivity contribution in [2.45, 2.75) is 217 Å². The van der Waals surface area contributed by atoms with Crippen LogP contribution in [-0.4, -0.2) is 299 Å². The molecule has 3 heterocycles. The molecule has 3 aliphatic heterocycles. The Balaban J connectivity index is 0.00000285. The Morgan fingerprint density at radius 1 is 0.449 bits per heavy atom. The number of hydrogen-bond donors (Lipinski definition) is 16. The van der Waals surface area contributed by atoms with Gasteiger partial charge in [0.05, 0.1) is 104 Å². The van der Waals surface area contributed by atoms with Crippen LogP contribution >= 0.6 is 7.82 Å². The van der Waals surface area contributed by atoms with Crippen LogP contribution in [0.15, 0.2) is 0 Å². The first-order valence-electron chi connectivity index (χ1n) is 34.5. The van der Waals surface area contributed by atoms with Gasteiger partial charge in [-0.3, -0.25) is 33.0 Å². The van der Waals surface area contributed by atoms with Gasteiger partial charge < -0.3 is 131 Å². The van der Waals surface area contributed by atoms with Crippen molar-refractivity contribution >= 4 is 37.4 Å². The molecule has 3 fully saturated rings. The summed E-state index contributed by atoms with van der Waals surface area (Å²) in [6.45, 7) is 8.96. The summed E-state index contributed by atoms with van der Waals surface area (Å²) in [6.07, 6.45) is -4.71. The molecule has 35 heteroatoms. The van der Waals surface area contributed by atoms with E-state index in [0.29, 0.717) is 45.4 Å². The number of aliphatic hydroxyl groups excluding tert-OH is 9. The molecule has 3 aliphatic rings. The standard InChI is InChI=1S/C54H99N5O24.C7H18NO4P.C2H6/c1-34-45(68)48(71)37(28-60)81-51(34)78-21-10-17-55-40(63)13-24-75-31-54(59-44(67)27-43(66)58-16-8-6-5-7-9-20-74-4,32-76-25-14-41(64)56-18-11-22-79-52-35(2)46(69)49(72)38(29-61)82-52)33-77-26-15-42(65)57-19-12-23-80-53-36(3)47(70)50(73)39(30-62)83-53;1-11-13(9,10)12-7-5-3-2-4-6-8;1-2/h34-39,45-53,60-62,68-73H,5-33H2,1-4H3,(H,55,63)(H,56,64)(H,57,65)(H,58,66)(H,59,67);2-8H2,1H3,(H,9,10);1-2H3/t34?,35?,36?,37?,38?,39?,45-,46-,47-,48+,49+,50+,51-,52-,53-,54?;;/m1../s1. The van der Waals surface area contributed by atoms with Gasteiger partial charge in [-0.05, 0) is 51.5 Å². The van der Waals surface area contributed by atoms with Crippen molar-refractivity contribution in [3.05, 3.63) is 0 Å². The quantitative estimate of drug-likeness (QED) is 0.0182. The minimum Gasteiger partial charge on any atom is -0.394 e. The fourth-order valence-corrected chi connectivity index (χ4v) is 10.5. The molecule has 578 valence electrons. The van der Waals surface area contributed by atoms with Crippen molar-refractivity contribution in [2.24, 2.45) is 23.5 Å². The summed E-state index contributed by atoms with van der Waals surface area (Å²) in [7, 11) is -0.959. The molecule has 3 rings (SSSR count). The molecule has 7 unspecified atom stereocenters. The highest BCUT2D eigenvalue weighted by Gasteiger charge is 2.45. The molecule has 0 aliphatic carbocycles. The summed E-state index contributed by atoms with van der Waals surface area (Å²) in [5, 5.41) is 104. The van der Waals surface area contributed by atoms with Crippen molar-refractivity contribution in [3.63, 3.8) is 0 Å². The largest absolute Gasteiger partial charge is 0.471 e. The Hall–Kier alpha value is -3.34. The molecule has 0 spiro atoms. The van der Waals surface area contributed by atoms with Gasteiger partial charge in [0.1, 0.15) is 48.6 Å². The number of hydrogen-bond acceptors (Lipinski definition) is 28. The summed E-state index contributed by atoms with van der Waals surface area (Å²) in [5.41, 5.74) is 3.77. The number of carbonyl (C=O) groups excluding carboxylic acids is 5. The van der Waals surface area contributed by atoms with Gasteiger partial charge in [-0.2, -0.15) is 0 Å². The highest BCUT2D eigenvalue weighted by Crippen LogP contribution is 2.42. The van der Waals surface area contributed by atoms with E-state index in [4.69, 9.17) is 58.0 Å². The van der Waals surface area contributed by atoms with Crippen LogP contribution in [0.25, 0.3) is 0 Å². The topological polar surface area (TPSA) is 502 Å². The fraction of sp³-hybridized carbons (Fsp3) is 0.921. The average Bonchev–Trinajstić information content (AvgIpc) is 0.835. The fourth-order valence-electron chi connectivity index (χ4n) is 10.0. The summed E-state index contributed by atoms with van der Waals surface area (Å²) in [6, 6.07) is 0. The van der Waals surface area contributed by atoms with Crippen molar-refractivity contribution in [2.75, 3.05) is 139 Å². The number of aliphatic hydroxyl groups is 9. The Labute approximate surface area is 577 Å². The summed E-state index contributed by atoms with van der Waals surface area (Å²) < 4.78 is 76.6. The smallest absolute Gasteiger partial charge is 0.394 e.